The summed E-state index contributed by atoms with van der Waals surface area (Å²) in [5.41, 5.74) is 4.57. The molecule has 0 aromatic rings. The molecule has 4 heteroatoms. The van der Waals surface area contributed by atoms with E-state index in [1.54, 1.807) is 6.92 Å². The Balaban J connectivity index is 0. The first-order chi connectivity index (χ1) is 6.60. The van der Waals surface area contributed by atoms with Gasteiger partial charge in [0.2, 0.25) is 5.91 Å². The first-order valence-corrected chi connectivity index (χ1v) is 4.41. The van der Waals surface area contributed by atoms with Gasteiger partial charge in [0, 0.05) is 5.57 Å². The molecule has 4 nitrogen and oxygen atoms in total. The van der Waals surface area contributed by atoms with Crippen molar-refractivity contribution in [1.29, 1.82) is 0 Å². The van der Waals surface area contributed by atoms with E-state index in [1.807, 2.05) is 20.8 Å². The third-order valence-electron chi connectivity index (χ3n) is 0.949. The SMILES string of the molecule is C=C(C)C(=O)OC(C)(C)C.C=CC(N)=O. The largest absolute Gasteiger partial charge is 0.457 e. The number of carbonyl (C=O) groups excluding carboxylic acids is 2. The Labute approximate surface area is 90.8 Å². The summed E-state index contributed by atoms with van der Waals surface area (Å²) in [6, 6.07) is 0. The summed E-state index contributed by atoms with van der Waals surface area (Å²) >= 11 is 0. The zero-order chi connectivity index (χ0) is 12.6. The molecule has 0 atom stereocenters. The molecule has 0 heterocycles. The minimum atomic E-state index is -0.481. The molecular formula is C11H19NO3. The summed E-state index contributed by atoms with van der Waals surface area (Å²) in [6.45, 7) is 13.7. The van der Waals surface area contributed by atoms with E-state index >= 15 is 0 Å². The minimum Gasteiger partial charge on any atom is -0.457 e. The number of carbonyl (C=O) groups is 2. The summed E-state index contributed by atoms with van der Waals surface area (Å²) < 4.78 is 4.96. The van der Waals surface area contributed by atoms with E-state index in [9.17, 15) is 9.59 Å². The lowest BCUT2D eigenvalue weighted by atomic mass is 10.2. The van der Waals surface area contributed by atoms with E-state index in [4.69, 9.17) is 4.74 Å². The molecule has 15 heavy (non-hydrogen) atoms. The van der Waals surface area contributed by atoms with E-state index in [1.165, 1.54) is 0 Å². The first kappa shape index (κ1) is 15.9. The van der Waals surface area contributed by atoms with Crippen molar-refractivity contribution in [1.82, 2.24) is 0 Å². The van der Waals surface area contributed by atoms with Gasteiger partial charge in [-0.2, -0.15) is 0 Å². The highest BCUT2D eigenvalue weighted by Crippen LogP contribution is 2.09. The van der Waals surface area contributed by atoms with E-state index in [2.05, 4.69) is 18.9 Å². The molecule has 1 amide bonds. The molecule has 0 saturated heterocycles. The summed E-state index contributed by atoms with van der Waals surface area (Å²) in [7, 11) is 0. The molecule has 0 rings (SSSR count). The molecule has 2 N–H and O–H groups in total. The lowest BCUT2D eigenvalue weighted by Gasteiger charge is -2.19. The van der Waals surface area contributed by atoms with Gasteiger partial charge in [-0.05, 0) is 33.8 Å². The Morgan fingerprint density at radius 3 is 1.73 bits per heavy atom. The maximum atomic E-state index is 10.8. The Kier molecular flexibility index (Phi) is 7.21. The van der Waals surface area contributed by atoms with Crippen molar-refractivity contribution in [3.63, 3.8) is 0 Å². The average molecular weight is 213 g/mol. The number of ether oxygens (including phenoxy) is 1. The van der Waals surface area contributed by atoms with Crippen LogP contribution in [0.5, 0.6) is 0 Å². The number of nitrogens with two attached hydrogens (primary N) is 1. The number of esters is 1. The smallest absolute Gasteiger partial charge is 0.333 e. The average Bonchev–Trinajstić information content (AvgIpc) is 2.02. The highest BCUT2D eigenvalue weighted by atomic mass is 16.6. The van der Waals surface area contributed by atoms with Crippen molar-refractivity contribution in [2.75, 3.05) is 0 Å². The standard InChI is InChI=1S/C8H14O2.C3H5NO/c1-6(2)7(9)10-8(3,4)5;1-2-3(4)5/h1H2,2-5H3;2H,1H2,(H2,4,5). The molecule has 0 saturated carbocycles. The van der Waals surface area contributed by atoms with Crippen LogP contribution in [0.25, 0.3) is 0 Å². The second kappa shape index (κ2) is 6.81. The van der Waals surface area contributed by atoms with Gasteiger partial charge >= 0.3 is 5.97 Å². The molecule has 0 fully saturated rings. The fraction of sp³-hybridized carbons (Fsp3) is 0.455. The maximum Gasteiger partial charge on any atom is 0.333 e. The molecule has 0 aliphatic rings. The van der Waals surface area contributed by atoms with Gasteiger partial charge in [0.25, 0.3) is 0 Å². The summed E-state index contributed by atoms with van der Waals surface area (Å²) in [4.78, 5) is 20.3. The van der Waals surface area contributed by atoms with Crippen LogP contribution in [0, 0.1) is 0 Å². The molecule has 0 unspecified atom stereocenters. The quantitative estimate of drug-likeness (QED) is 0.559. The van der Waals surface area contributed by atoms with Crippen molar-refractivity contribution in [2.45, 2.75) is 33.3 Å². The van der Waals surface area contributed by atoms with Gasteiger partial charge in [0.15, 0.2) is 0 Å². The lowest BCUT2D eigenvalue weighted by Crippen LogP contribution is -2.23. The molecule has 0 spiro atoms. The fourth-order valence-electron chi connectivity index (χ4n) is 0.365. The predicted octanol–water partition coefficient (Wildman–Crippen LogP) is 1.56. The number of primary amides is 1. The third kappa shape index (κ3) is 15.2. The van der Waals surface area contributed by atoms with Crippen LogP contribution in [-0.2, 0) is 14.3 Å². The summed E-state index contributed by atoms with van der Waals surface area (Å²) in [6.07, 6.45) is 1.06. The molecule has 0 aromatic heterocycles. The van der Waals surface area contributed by atoms with Gasteiger partial charge in [-0.15, -0.1) is 0 Å². The van der Waals surface area contributed by atoms with E-state index < -0.39 is 11.5 Å². The van der Waals surface area contributed by atoms with Gasteiger partial charge in [-0.25, -0.2) is 4.79 Å². The van der Waals surface area contributed by atoms with E-state index in [0.29, 0.717) is 5.57 Å². The minimum absolute atomic E-state index is 0.326. The topological polar surface area (TPSA) is 69.4 Å². The zero-order valence-electron chi connectivity index (χ0n) is 9.79. The van der Waals surface area contributed by atoms with Gasteiger partial charge in [0.05, 0.1) is 0 Å². The number of hydrogen-bond donors (Lipinski definition) is 1. The van der Waals surface area contributed by atoms with E-state index in [0.717, 1.165) is 6.08 Å². The van der Waals surface area contributed by atoms with Crippen LogP contribution < -0.4 is 5.73 Å². The predicted molar refractivity (Wildman–Crippen MR) is 60.1 cm³/mol. The molecule has 0 bridgehead atoms. The van der Waals surface area contributed by atoms with Crippen LogP contribution >= 0.6 is 0 Å². The summed E-state index contributed by atoms with van der Waals surface area (Å²) in [5, 5.41) is 0. The first-order valence-electron chi connectivity index (χ1n) is 4.41. The zero-order valence-corrected chi connectivity index (χ0v) is 9.79. The van der Waals surface area contributed by atoms with Crippen LogP contribution in [0.1, 0.15) is 27.7 Å². The lowest BCUT2D eigenvalue weighted by molar-refractivity contribution is -0.149. The Morgan fingerprint density at radius 2 is 1.67 bits per heavy atom. The monoisotopic (exact) mass is 213 g/mol. The fourth-order valence-corrected chi connectivity index (χ4v) is 0.365. The van der Waals surface area contributed by atoms with Gasteiger partial charge in [-0.3, -0.25) is 4.79 Å². The molecule has 0 radical (unpaired) electrons. The molecule has 0 aromatic carbocycles. The number of hydrogen-bond acceptors (Lipinski definition) is 3. The molecular weight excluding hydrogens is 194 g/mol. The third-order valence-corrected chi connectivity index (χ3v) is 0.949. The van der Waals surface area contributed by atoms with E-state index in [-0.39, 0.29) is 5.97 Å². The van der Waals surface area contributed by atoms with Crippen molar-refractivity contribution in [3.05, 3.63) is 24.8 Å². The number of amides is 1. The Morgan fingerprint density at radius 1 is 1.33 bits per heavy atom. The van der Waals surface area contributed by atoms with Crippen molar-refractivity contribution >= 4 is 11.9 Å². The maximum absolute atomic E-state index is 10.8. The Hall–Kier alpha value is -1.58. The van der Waals surface area contributed by atoms with Crippen LogP contribution in [0.15, 0.2) is 24.8 Å². The number of rotatable bonds is 2. The Bertz CT molecular complexity index is 261. The molecule has 86 valence electrons. The van der Waals surface area contributed by atoms with Crippen molar-refractivity contribution < 1.29 is 14.3 Å². The normalized spacial score (nSPS) is 9.33. The van der Waals surface area contributed by atoms with Crippen molar-refractivity contribution in [2.24, 2.45) is 5.73 Å². The van der Waals surface area contributed by atoms with Gasteiger partial charge in [0.1, 0.15) is 5.60 Å². The van der Waals surface area contributed by atoms with Crippen LogP contribution in [-0.4, -0.2) is 17.5 Å². The highest BCUT2D eigenvalue weighted by Gasteiger charge is 2.15. The van der Waals surface area contributed by atoms with Crippen LogP contribution in [0.4, 0.5) is 0 Å². The highest BCUT2D eigenvalue weighted by molar-refractivity contribution is 5.87. The van der Waals surface area contributed by atoms with Gasteiger partial charge < -0.3 is 10.5 Å². The molecule has 0 aliphatic heterocycles. The van der Waals surface area contributed by atoms with Crippen LogP contribution in [0.3, 0.4) is 0 Å². The van der Waals surface area contributed by atoms with Crippen molar-refractivity contribution in [3.8, 4) is 0 Å². The van der Waals surface area contributed by atoms with Crippen LogP contribution in [0.2, 0.25) is 0 Å². The second-order valence-corrected chi connectivity index (χ2v) is 3.89. The van der Waals surface area contributed by atoms with Gasteiger partial charge in [-0.1, -0.05) is 13.2 Å². The summed E-state index contributed by atoms with van der Waals surface area (Å²) in [5.74, 6) is -0.808. The molecule has 0 aliphatic carbocycles. The second-order valence-electron chi connectivity index (χ2n) is 3.89.